The third kappa shape index (κ3) is 4.37. The second-order valence-corrected chi connectivity index (χ2v) is 6.63. The summed E-state index contributed by atoms with van der Waals surface area (Å²) in [5.41, 5.74) is -0.866. The molecule has 1 saturated carbocycles. The van der Waals surface area contributed by atoms with Gasteiger partial charge in [0.2, 0.25) is 0 Å². The first-order valence-corrected chi connectivity index (χ1v) is 9.30. The molecule has 1 N–H and O–H groups in total. The predicted molar refractivity (Wildman–Crippen MR) is 95.7 cm³/mol. The average molecular weight is 333 g/mol. The van der Waals surface area contributed by atoms with E-state index in [1.165, 1.54) is 6.42 Å². The van der Waals surface area contributed by atoms with Crippen molar-refractivity contribution in [2.75, 3.05) is 26.2 Å². The molecule has 0 aromatic heterocycles. The Morgan fingerprint density at radius 1 is 1.17 bits per heavy atom. The minimum absolute atomic E-state index is 0.0606. The number of esters is 1. The summed E-state index contributed by atoms with van der Waals surface area (Å²) in [7, 11) is 0. The maximum absolute atomic E-state index is 12.8. The fourth-order valence-electron chi connectivity index (χ4n) is 3.65. The highest BCUT2D eigenvalue weighted by Gasteiger charge is 2.47. The maximum atomic E-state index is 12.8. The molecule has 2 rings (SSSR count). The van der Waals surface area contributed by atoms with E-state index in [-0.39, 0.29) is 5.92 Å². The summed E-state index contributed by atoms with van der Waals surface area (Å²) in [6, 6.07) is 9.30. The molecular weight excluding hydrogens is 302 g/mol. The molecule has 1 fully saturated rings. The van der Waals surface area contributed by atoms with Crippen molar-refractivity contribution < 1.29 is 14.6 Å². The van der Waals surface area contributed by atoms with Crippen LogP contribution < -0.4 is 0 Å². The van der Waals surface area contributed by atoms with Gasteiger partial charge in [-0.25, -0.2) is 4.79 Å². The van der Waals surface area contributed by atoms with Crippen molar-refractivity contribution in [3.05, 3.63) is 35.9 Å². The number of ether oxygens (including phenoxy) is 1. The molecule has 1 aromatic rings. The van der Waals surface area contributed by atoms with Crippen molar-refractivity contribution in [3.63, 3.8) is 0 Å². The molecule has 1 aliphatic rings. The van der Waals surface area contributed by atoms with Crippen LogP contribution in [0.1, 0.15) is 51.5 Å². The van der Waals surface area contributed by atoms with Gasteiger partial charge in [-0.15, -0.1) is 0 Å². The van der Waals surface area contributed by atoms with Gasteiger partial charge in [-0.1, -0.05) is 63.4 Å². The normalized spacial score (nSPS) is 18.3. The quantitative estimate of drug-likeness (QED) is 0.741. The smallest absolute Gasteiger partial charge is 0.343 e. The topological polar surface area (TPSA) is 49.8 Å². The van der Waals surface area contributed by atoms with Gasteiger partial charge in [-0.3, -0.25) is 0 Å². The summed E-state index contributed by atoms with van der Waals surface area (Å²) in [5, 5.41) is 11.4. The van der Waals surface area contributed by atoms with E-state index >= 15 is 0 Å². The van der Waals surface area contributed by atoms with Gasteiger partial charge in [0.15, 0.2) is 5.60 Å². The van der Waals surface area contributed by atoms with Crippen LogP contribution in [0.15, 0.2) is 30.3 Å². The fraction of sp³-hybridized carbons (Fsp3) is 0.650. The Labute approximate surface area is 145 Å². The van der Waals surface area contributed by atoms with Crippen LogP contribution in [0.3, 0.4) is 0 Å². The molecule has 1 atom stereocenters. The Morgan fingerprint density at radius 3 is 2.38 bits per heavy atom. The van der Waals surface area contributed by atoms with Crippen molar-refractivity contribution >= 4 is 5.97 Å². The number of nitrogens with zero attached hydrogens (tertiary/aromatic N) is 1. The SMILES string of the molecule is CCN(CC)CCOC(=O)C(O)(c1ccccc1)C1CCCCC1. The van der Waals surface area contributed by atoms with E-state index in [1.807, 2.05) is 30.3 Å². The average Bonchev–Trinajstić information content (AvgIpc) is 2.65. The summed E-state index contributed by atoms with van der Waals surface area (Å²) < 4.78 is 5.52. The molecule has 0 heterocycles. The first kappa shape index (κ1) is 18.9. The molecule has 0 bridgehead atoms. The molecule has 0 amide bonds. The summed E-state index contributed by atoms with van der Waals surface area (Å²) >= 11 is 0. The molecule has 0 aliphatic heterocycles. The molecule has 134 valence electrons. The highest BCUT2D eigenvalue weighted by atomic mass is 16.5. The number of benzene rings is 1. The summed E-state index contributed by atoms with van der Waals surface area (Å²) in [6.07, 6.45) is 5.05. The Hall–Kier alpha value is -1.39. The van der Waals surface area contributed by atoms with E-state index in [0.717, 1.165) is 38.8 Å². The van der Waals surface area contributed by atoms with Crippen molar-refractivity contribution in [1.82, 2.24) is 4.90 Å². The lowest BCUT2D eigenvalue weighted by Gasteiger charge is -2.36. The predicted octanol–water partition coefficient (Wildman–Crippen LogP) is 3.34. The Morgan fingerprint density at radius 2 is 1.79 bits per heavy atom. The zero-order valence-electron chi connectivity index (χ0n) is 15.0. The van der Waals surface area contributed by atoms with Crippen molar-refractivity contribution in [2.45, 2.75) is 51.6 Å². The Bertz CT molecular complexity index is 495. The van der Waals surface area contributed by atoms with Crippen LogP contribution in [-0.4, -0.2) is 42.2 Å². The lowest BCUT2D eigenvalue weighted by Crippen LogP contribution is -2.45. The molecular formula is C20H31NO3. The molecule has 24 heavy (non-hydrogen) atoms. The van der Waals surface area contributed by atoms with Crippen LogP contribution in [-0.2, 0) is 15.1 Å². The monoisotopic (exact) mass is 333 g/mol. The van der Waals surface area contributed by atoms with Gasteiger partial charge in [-0.2, -0.15) is 0 Å². The van der Waals surface area contributed by atoms with Gasteiger partial charge in [0.1, 0.15) is 6.61 Å². The van der Waals surface area contributed by atoms with E-state index < -0.39 is 11.6 Å². The Balaban J connectivity index is 2.11. The number of rotatable bonds is 8. The van der Waals surface area contributed by atoms with Crippen LogP contribution >= 0.6 is 0 Å². The van der Waals surface area contributed by atoms with E-state index in [0.29, 0.717) is 18.7 Å². The third-order valence-corrected chi connectivity index (χ3v) is 5.26. The molecule has 1 aromatic carbocycles. The maximum Gasteiger partial charge on any atom is 0.343 e. The van der Waals surface area contributed by atoms with Crippen LogP contribution in [0, 0.1) is 5.92 Å². The van der Waals surface area contributed by atoms with Crippen molar-refractivity contribution in [2.24, 2.45) is 5.92 Å². The fourth-order valence-corrected chi connectivity index (χ4v) is 3.65. The van der Waals surface area contributed by atoms with Gasteiger partial charge in [0.05, 0.1) is 0 Å². The molecule has 0 radical (unpaired) electrons. The van der Waals surface area contributed by atoms with Crippen LogP contribution in [0.5, 0.6) is 0 Å². The molecule has 0 saturated heterocycles. The third-order valence-electron chi connectivity index (χ3n) is 5.26. The molecule has 0 spiro atoms. The van der Waals surface area contributed by atoms with E-state index in [2.05, 4.69) is 18.7 Å². The van der Waals surface area contributed by atoms with Gasteiger partial charge >= 0.3 is 5.97 Å². The van der Waals surface area contributed by atoms with Gasteiger partial charge in [0, 0.05) is 12.5 Å². The second kappa shape index (κ2) is 9.19. The van der Waals surface area contributed by atoms with Crippen molar-refractivity contribution in [3.8, 4) is 0 Å². The lowest BCUT2D eigenvalue weighted by molar-refractivity contribution is -0.176. The van der Waals surface area contributed by atoms with Crippen LogP contribution in [0.25, 0.3) is 0 Å². The number of hydrogen-bond acceptors (Lipinski definition) is 4. The summed E-state index contributed by atoms with van der Waals surface area (Å²) in [6.45, 7) is 7.07. The highest BCUT2D eigenvalue weighted by Crippen LogP contribution is 2.40. The second-order valence-electron chi connectivity index (χ2n) is 6.63. The lowest BCUT2D eigenvalue weighted by atomic mass is 9.73. The first-order chi connectivity index (χ1) is 11.6. The number of carbonyl (C=O) groups excluding carboxylic acids is 1. The number of hydrogen-bond donors (Lipinski definition) is 1. The number of aliphatic hydroxyl groups is 1. The summed E-state index contributed by atoms with van der Waals surface area (Å²) in [4.78, 5) is 15.0. The van der Waals surface area contributed by atoms with E-state index in [9.17, 15) is 9.90 Å². The van der Waals surface area contributed by atoms with Gasteiger partial charge in [-0.05, 0) is 31.5 Å². The zero-order valence-corrected chi connectivity index (χ0v) is 15.0. The molecule has 4 nitrogen and oxygen atoms in total. The standard InChI is InChI=1S/C20H31NO3/c1-3-21(4-2)15-16-24-19(22)20(23,17-11-7-5-8-12-17)18-13-9-6-10-14-18/h5,7-8,11-12,18,23H,3-4,6,9-10,13-16H2,1-2H3. The van der Waals surface area contributed by atoms with Gasteiger partial charge in [0.25, 0.3) is 0 Å². The Kier molecular flexibility index (Phi) is 7.25. The molecule has 4 heteroatoms. The minimum atomic E-state index is -1.52. The van der Waals surface area contributed by atoms with Crippen molar-refractivity contribution in [1.29, 1.82) is 0 Å². The van der Waals surface area contributed by atoms with E-state index in [1.54, 1.807) is 0 Å². The first-order valence-electron chi connectivity index (χ1n) is 9.30. The summed E-state index contributed by atoms with van der Waals surface area (Å²) in [5.74, 6) is -0.553. The van der Waals surface area contributed by atoms with E-state index in [4.69, 9.17) is 4.74 Å². The highest BCUT2D eigenvalue weighted by molar-refractivity contribution is 5.81. The number of carbonyl (C=O) groups is 1. The van der Waals surface area contributed by atoms with Crippen LogP contribution in [0.4, 0.5) is 0 Å². The molecule has 1 unspecified atom stereocenters. The molecule has 1 aliphatic carbocycles. The minimum Gasteiger partial charge on any atom is -0.462 e. The van der Waals surface area contributed by atoms with Crippen LogP contribution in [0.2, 0.25) is 0 Å². The van der Waals surface area contributed by atoms with Gasteiger partial charge < -0.3 is 14.7 Å². The largest absolute Gasteiger partial charge is 0.462 e. The zero-order chi connectivity index (χ0) is 17.4. The number of likely N-dealkylation sites (N-methyl/N-ethyl adjacent to an activating group) is 1.